The third kappa shape index (κ3) is 4.17. The molecule has 8 nitrogen and oxygen atoms in total. The predicted molar refractivity (Wildman–Crippen MR) is 125 cm³/mol. The second-order valence-electron chi connectivity index (χ2n) is 7.45. The Morgan fingerprint density at radius 2 is 2.00 bits per heavy atom. The molecule has 0 bridgehead atoms. The molecule has 1 saturated heterocycles. The average molecular weight is 450 g/mol. The number of thiophene rings is 1. The third-order valence-corrected chi connectivity index (χ3v) is 6.31. The molecule has 0 atom stereocenters. The summed E-state index contributed by atoms with van der Waals surface area (Å²) < 4.78 is 10.3. The summed E-state index contributed by atoms with van der Waals surface area (Å²) in [5.41, 5.74) is 4.61. The molecule has 1 fully saturated rings. The van der Waals surface area contributed by atoms with E-state index in [1.807, 2.05) is 23.7 Å². The molecule has 1 aromatic carbocycles. The van der Waals surface area contributed by atoms with Crippen LogP contribution in [-0.4, -0.2) is 54.3 Å². The maximum Gasteiger partial charge on any atom is 0.350 e. The molecule has 3 aromatic heterocycles. The molecule has 4 aromatic rings. The maximum absolute atomic E-state index is 12.0. The first kappa shape index (κ1) is 20.5. The Hall–Kier alpha value is -3.43. The first-order valence-electron chi connectivity index (χ1n) is 10.4. The van der Waals surface area contributed by atoms with Crippen LogP contribution in [-0.2, 0) is 15.9 Å². The predicted octanol–water partition coefficient (Wildman–Crippen LogP) is 3.98. The molecule has 9 heteroatoms. The highest BCUT2D eigenvalue weighted by molar-refractivity contribution is 7.12. The molecule has 32 heavy (non-hydrogen) atoms. The van der Waals surface area contributed by atoms with Crippen LogP contribution in [0.5, 0.6) is 0 Å². The van der Waals surface area contributed by atoms with Crippen molar-refractivity contribution in [2.75, 3.05) is 43.6 Å². The van der Waals surface area contributed by atoms with Crippen molar-refractivity contribution >= 4 is 45.5 Å². The number of carbonyl (C=O) groups excluding carboxylic acids is 1. The van der Waals surface area contributed by atoms with Crippen molar-refractivity contribution in [1.29, 1.82) is 0 Å². The lowest BCUT2D eigenvalue weighted by Crippen LogP contribution is -2.36. The summed E-state index contributed by atoms with van der Waals surface area (Å²) in [6.45, 7) is 3.36. The Balaban J connectivity index is 1.39. The van der Waals surface area contributed by atoms with Gasteiger partial charge in [0.1, 0.15) is 16.2 Å². The van der Waals surface area contributed by atoms with Crippen LogP contribution in [0.1, 0.15) is 21.1 Å². The van der Waals surface area contributed by atoms with Crippen LogP contribution in [0.25, 0.3) is 11.0 Å². The lowest BCUT2D eigenvalue weighted by atomic mass is 10.1. The van der Waals surface area contributed by atoms with E-state index in [2.05, 4.69) is 39.5 Å². The van der Waals surface area contributed by atoms with E-state index >= 15 is 0 Å². The van der Waals surface area contributed by atoms with E-state index in [1.165, 1.54) is 24.1 Å². The van der Waals surface area contributed by atoms with Gasteiger partial charge in [0, 0.05) is 31.4 Å². The van der Waals surface area contributed by atoms with Crippen molar-refractivity contribution in [2.24, 2.45) is 0 Å². The van der Waals surface area contributed by atoms with E-state index in [9.17, 15) is 4.79 Å². The molecule has 0 saturated carbocycles. The van der Waals surface area contributed by atoms with E-state index in [1.54, 1.807) is 0 Å². The van der Waals surface area contributed by atoms with Gasteiger partial charge in [0.15, 0.2) is 5.82 Å². The lowest BCUT2D eigenvalue weighted by Gasteiger charge is -2.28. The highest BCUT2D eigenvalue weighted by Crippen LogP contribution is 2.29. The van der Waals surface area contributed by atoms with Gasteiger partial charge in [-0.1, -0.05) is 12.1 Å². The van der Waals surface area contributed by atoms with Crippen molar-refractivity contribution < 1.29 is 14.3 Å². The Kier molecular flexibility index (Phi) is 5.74. The Bertz CT molecular complexity index is 1230. The van der Waals surface area contributed by atoms with Gasteiger partial charge in [-0.05, 0) is 35.2 Å². The van der Waals surface area contributed by atoms with Crippen molar-refractivity contribution in [3.63, 3.8) is 0 Å². The molecule has 0 aliphatic carbocycles. The Morgan fingerprint density at radius 3 is 2.78 bits per heavy atom. The van der Waals surface area contributed by atoms with Crippen LogP contribution < -0.4 is 10.2 Å². The molecule has 5 rings (SSSR count). The molecular weight excluding hydrogens is 426 g/mol. The topological polar surface area (TPSA) is 92.4 Å². The van der Waals surface area contributed by atoms with Crippen molar-refractivity contribution in [1.82, 2.24) is 15.0 Å². The lowest BCUT2D eigenvalue weighted by molar-refractivity contribution is 0.0607. The fourth-order valence-electron chi connectivity index (χ4n) is 3.78. The summed E-state index contributed by atoms with van der Waals surface area (Å²) in [4.78, 5) is 27.5. The molecule has 2 N–H and O–H groups in total. The van der Waals surface area contributed by atoms with Gasteiger partial charge in [-0.2, -0.15) is 0 Å². The second kappa shape index (κ2) is 8.97. The maximum atomic E-state index is 12.0. The van der Waals surface area contributed by atoms with Crippen LogP contribution >= 0.6 is 11.3 Å². The number of methoxy groups -OCH3 is 1. The molecule has 0 amide bonds. The number of ether oxygens (including phenoxy) is 2. The highest BCUT2D eigenvalue weighted by atomic mass is 32.1. The number of esters is 1. The Morgan fingerprint density at radius 1 is 1.19 bits per heavy atom. The first-order chi connectivity index (χ1) is 15.7. The zero-order chi connectivity index (χ0) is 21.9. The van der Waals surface area contributed by atoms with Gasteiger partial charge >= 0.3 is 5.97 Å². The number of nitrogens with one attached hydrogen (secondary N) is 2. The van der Waals surface area contributed by atoms with E-state index in [-0.39, 0.29) is 5.97 Å². The van der Waals surface area contributed by atoms with E-state index in [0.717, 1.165) is 42.9 Å². The molecule has 1 aliphatic heterocycles. The number of rotatable bonds is 6. The smallest absolute Gasteiger partial charge is 0.350 e. The highest BCUT2D eigenvalue weighted by Gasteiger charge is 2.17. The number of carbonyl (C=O) groups is 1. The molecule has 4 heterocycles. The number of hydrogen-bond donors (Lipinski definition) is 2. The summed E-state index contributed by atoms with van der Waals surface area (Å²) in [6, 6.07) is 12.3. The van der Waals surface area contributed by atoms with Gasteiger partial charge < -0.3 is 24.7 Å². The summed E-state index contributed by atoms with van der Waals surface area (Å²) in [6.07, 6.45) is 2.44. The zero-order valence-corrected chi connectivity index (χ0v) is 18.4. The zero-order valence-electron chi connectivity index (χ0n) is 17.6. The number of morpholine rings is 1. The van der Waals surface area contributed by atoms with Gasteiger partial charge in [-0.15, -0.1) is 11.3 Å². The Labute approximate surface area is 189 Å². The van der Waals surface area contributed by atoms with Gasteiger partial charge in [-0.25, -0.2) is 14.8 Å². The summed E-state index contributed by atoms with van der Waals surface area (Å²) >= 11 is 1.33. The average Bonchev–Trinajstić information content (AvgIpc) is 3.49. The fraction of sp³-hybridized carbons (Fsp3) is 0.261. The van der Waals surface area contributed by atoms with Crippen molar-refractivity contribution in [2.45, 2.75) is 6.42 Å². The molecule has 0 radical (unpaired) electrons. The van der Waals surface area contributed by atoms with Crippen molar-refractivity contribution in [3.8, 4) is 0 Å². The number of aromatic nitrogens is 3. The van der Waals surface area contributed by atoms with Crippen LogP contribution in [0.3, 0.4) is 0 Å². The number of H-pyrrole nitrogens is 1. The number of benzene rings is 1. The molecule has 0 spiro atoms. The minimum atomic E-state index is -0.375. The minimum Gasteiger partial charge on any atom is -0.465 e. The van der Waals surface area contributed by atoms with E-state index in [0.29, 0.717) is 28.6 Å². The molecule has 0 unspecified atom stereocenters. The number of anilines is 3. The standard InChI is InChI=1S/C23H23N5O3S/c1-30-23(29)21-18(7-13-32-21)26-22-20-17(6-8-24-20)25-19(27-22)14-15-2-4-16(5-3-15)28-9-11-31-12-10-28/h2-8,13,24H,9-12,14H2,1H3,(H,25,26,27). The molecule has 164 valence electrons. The fourth-order valence-corrected chi connectivity index (χ4v) is 4.54. The third-order valence-electron chi connectivity index (χ3n) is 5.42. The van der Waals surface area contributed by atoms with Crippen LogP contribution in [0.4, 0.5) is 17.2 Å². The first-order valence-corrected chi connectivity index (χ1v) is 11.3. The molecule has 1 aliphatic rings. The summed E-state index contributed by atoms with van der Waals surface area (Å²) in [5.74, 6) is 0.955. The van der Waals surface area contributed by atoms with Gasteiger partial charge in [0.25, 0.3) is 0 Å². The number of aromatic amines is 1. The number of nitrogens with zero attached hydrogens (tertiary/aromatic N) is 3. The number of fused-ring (bicyclic) bond motifs is 1. The van der Waals surface area contributed by atoms with Crippen LogP contribution in [0, 0.1) is 0 Å². The van der Waals surface area contributed by atoms with E-state index < -0.39 is 0 Å². The van der Waals surface area contributed by atoms with Gasteiger partial charge in [0.05, 0.1) is 31.5 Å². The van der Waals surface area contributed by atoms with Gasteiger partial charge in [-0.3, -0.25) is 0 Å². The molecular formula is C23H23N5O3S. The minimum absolute atomic E-state index is 0.375. The monoisotopic (exact) mass is 449 g/mol. The van der Waals surface area contributed by atoms with Crippen LogP contribution in [0.15, 0.2) is 48.0 Å². The summed E-state index contributed by atoms with van der Waals surface area (Å²) in [7, 11) is 1.38. The second-order valence-corrected chi connectivity index (χ2v) is 8.37. The van der Waals surface area contributed by atoms with Crippen LogP contribution in [0.2, 0.25) is 0 Å². The number of hydrogen-bond acceptors (Lipinski definition) is 8. The largest absolute Gasteiger partial charge is 0.465 e. The quantitative estimate of drug-likeness (QED) is 0.430. The van der Waals surface area contributed by atoms with Crippen molar-refractivity contribution in [3.05, 3.63) is 64.2 Å². The SMILES string of the molecule is COC(=O)c1sccc1Nc1nc(Cc2ccc(N3CCOCC3)cc2)nc2cc[nH]c12. The normalized spacial score (nSPS) is 14.0. The van der Waals surface area contributed by atoms with E-state index in [4.69, 9.17) is 19.4 Å². The summed E-state index contributed by atoms with van der Waals surface area (Å²) in [5, 5.41) is 5.13. The van der Waals surface area contributed by atoms with Gasteiger partial charge in [0.2, 0.25) is 0 Å².